The van der Waals surface area contributed by atoms with Gasteiger partial charge in [0.15, 0.2) is 0 Å². The van der Waals surface area contributed by atoms with Crippen molar-refractivity contribution in [3.05, 3.63) is 46.2 Å². The summed E-state index contributed by atoms with van der Waals surface area (Å²) in [6.45, 7) is 0. The number of pyridine rings is 1. The summed E-state index contributed by atoms with van der Waals surface area (Å²) in [5.41, 5.74) is 1.25. The first-order valence-electron chi connectivity index (χ1n) is 5.27. The third-order valence-electron chi connectivity index (χ3n) is 2.17. The average Bonchev–Trinajstić information content (AvgIpc) is 2.31. The molecule has 0 radical (unpaired) electrons. The van der Waals surface area contributed by atoms with E-state index in [1.165, 1.54) is 24.4 Å². The fourth-order valence-electron chi connectivity index (χ4n) is 1.43. The molecule has 2 rings (SSSR count). The highest BCUT2D eigenvalue weighted by molar-refractivity contribution is 9.10. The Morgan fingerprint density at radius 1 is 1.15 bits per heavy atom. The Morgan fingerprint density at radius 2 is 1.85 bits per heavy atom. The van der Waals surface area contributed by atoms with Crippen LogP contribution in [0.25, 0.3) is 0 Å². The van der Waals surface area contributed by atoms with Crippen LogP contribution >= 0.6 is 27.5 Å². The molecule has 0 saturated carbocycles. The molecule has 0 saturated heterocycles. The van der Waals surface area contributed by atoms with Gasteiger partial charge in [-0.25, -0.2) is 4.98 Å². The van der Waals surface area contributed by atoms with E-state index in [1.807, 2.05) is 0 Å². The number of nitrogens with zero attached hydrogens (tertiary/aromatic N) is 1. The van der Waals surface area contributed by atoms with E-state index in [4.69, 9.17) is 11.6 Å². The van der Waals surface area contributed by atoms with Gasteiger partial charge < -0.3 is 10.1 Å². The summed E-state index contributed by atoms with van der Waals surface area (Å²) < 4.78 is 40.4. The number of anilines is 2. The highest BCUT2D eigenvalue weighted by atomic mass is 79.9. The molecule has 106 valence electrons. The van der Waals surface area contributed by atoms with E-state index < -0.39 is 6.36 Å². The van der Waals surface area contributed by atoms with Crippen molar-refractivity contribution in [3.63, 3.8) is 0 Å². The maximum atomic E-state index is 12.1. The van der Waals surface area contributed by atoms with Gasteiger partial charge in [-0.05, 0) is 46.3 Å². The number of aromatic nitrogens is 1. The molecular weight excluding hydrogens is 360 g/mol. The standard InChI is InChI=1S/C12H7BrClF3N2O/c13-9-5-7(1-2-10(9)20-12(15,16)17)19-8-3-4-18-11(14)6-8/h1-6H,(H,18,19). The molecule has 8 heteroatoms. The van der Waals surface area contributed by atoms with Gasteiger partial charge in [-0.15, -0.1) is 13.2 Å². The number of halogens is 5. The molecule has 3 nitrogen and oxygen atoms in total. The highest BCUT2D eigenvalue weighted by Gasteiger charge is 2.31. The van der Waals surface area contributed by atoms with Crippen molar-refractivity contribution in [1.29, 1.82) is 0 Å². The Hall–Kier alpha value is -1.47. The van der Waals surface area contributed by atoms with Crippen molar-refractivity contribution in [1.82, 2.24) is 4.98 Å². The second kappa shape index (κ2) is 5.88. The maximum Gasteiger partial charge on any atom is 0.573 e. The number of rotatable bonds is 3. The number of nitrogens with one attached hydrogen (secondary N) is 1. The Morgan fingerprint density at radius 3 is 2.45 bits per heavy atom. The van der Waals surface area contributed by atoms with E-state index in [1.54, 1.807) is 12.1 Å². The second-order valence-corrected chi connectivity index (χ2v) is 4.93. The molecule has 0 fully saturated rings. The number of hydrogen-bond acceptors (Lipinski definition) is 3. The van der Waals surface area contributed by atoms with E-state index >= 15 is 0 Å². The lowest BCUT2D eigenvalue weighted by Gasteiger charge is -2.12. The molecule has 1 aromatic carbocycles. The van der Waals surface area contributed by atoms with Crippen LogP contribution in [0, 0.1) is 0 Å². The normalized spacial score (nSPS) is 11.2. The van der Waals surface area contributed by atoms with Crippen LogP contribution in [0.4, 0.5) is 24.5 Å². The molecule has 1 aromatic heterocycles. The lowest BCUT2D eigenvalue weighted by Crippen LogP contribution is -2.17. The van der Waals surface area contributed by atoms with Crippen molar-refractivity contribution < 1.29 is 17.9 Å². The van der Waals surface area contributed by atoms with Crippen LogP contribution in [0.3, 0.4) is 0 Å². The molecule has 0 amide bonds. The van der Waals surface area contributed by atoms with Crippen molar-refractivity contribution in [2.45, 2.75) is 6.36 Å². The zero-order valence-corrected chi connectivity index (χ0v) is 12.1. The number of alkyl halides is 3. The third kappa shape index (κ3) is 4.28. The van der Waals surface area contributed by atoms with Gasteiger partial charge >= 0.3 is 6.36 Å². The van der Waals surface area contributed by atoms with E-state index in [0.717, 1.165) is 0 Å². The topological polar surface area (TPSA) is 34.1 Å². The molecular formula is C12H7BrClF3N2O. The molecule has 0 unspecified atom stereocenters. The largest absolute Gasteiger partial charge is 0.573 e. The van der Waals surface area contributed by atoms with Crippen molar-refractivity contribution in [2.75, 3.05) is 5.32 Å². The average molecular weight is 368 g/mol. The van der Waals surface area contributed by atoms with Gasteiger partial charge in [0.1, 0.15) is 10.9 Å². The summed E-state index contributed by atoms with van der Waals surface area (Å²) in [5.74, 6) is -0.309. The van der Waals surface area contributed by atoms with Crippen molar-refractivity contribution >= 4 is 38.9 Å². The zero-order valence-electron chi connectivity index (χ0n) is 9.71. The molecule has 0 aliphatic rings. The van der Waals surface area contributed by atoms with Crippen LogP contribution in [-0.2, 0) is 0 Å². The van der Waals surface area contributed by atoms with Gasteiger partial charge in [0.2, 0.25) is 0 Å². The monoisotopic (exact) mass is 366 g/mol. The molecule has 2 aromatic rings. The van der Waals surface area contributed by atoms with Crippen LogP contribution in [0.5, 0.6) is 5.75 Å². The van der Waals surface area contributed by atoms with Crippen LogP contribution in [0.2, 0.25) is 5.15 Å². The van der Waals surface area contributed by atoms with Crippen LogP contribution in [0.15, 0.2) is 41.0 Å². The van der Waals surface area contributed by atoms with Gasteiger partial charge in [0.05, 0.1) is 4.47 Å². The predicted octanol–water partition coefficient (Wildman–Crippen LogP) is 5.14. The summed E-state index contributed by atoms with van der Waals surface area (Å²) in [6, 6.07) is 7.41. The Kier molecular flexibility index (Phi) is 4.39. The van der Waals surface area contributed by atoms with Crippen LogP contribution in [0.1, 0.15) is 0 Å². The highest BCUT2D eigenvalue weighted by Crippen LogP contribution is 2.33. The maximum absolute atomic E-state index is 12.1. The quantitative estimate of drug-likeness (QED) is 0.763. The van der Waals surface area contributed by atoms with Crippen molar-refractivity contribution in [2.24, 2.45) is 0 Å². The van der Waals surface area contributed by atoms with Gasteiger partial charge in [0, 0.05) is 17.6 Å². The molecule has 20 heavy (non-hydrogen) atoms. The molecule has 1 heterocycles. The van der Waals surface area contributed by atoms with Crippen LogP contribution < -0.4 is 10.1 Å². The first-order chi connectivity index (χ1) is 9.33. The number of hydrogen-bond donors (Lipinski definition) is 1. The third-order valence-corrected chi connectivity index (χ3v) is 3.00. The first kappa shape index (κ1) is 14.9. The smallest absolute Gasteiger partial charge is 0.405 e. The predicted molar refractivity (Wildman–Crippen MR) is 73.4 cm³/mol. The molecule has 0 spiro atoms. The molecule has 0 aliphatic heterocycles. The fourth-order valence-corrected chi connectivity index (χ4v) is 2.07. The minimum absolute atomic E-state index is 0.181. The Balaban J connectivity index is 2.17. The summed E-state index contributed by atoms with van der Waals surface area (Å²) in [4.78, 5) is 3.82. The lowest BCUT2D eigenvalue weighted by molar-refractivity contribution is -0.274. The van der Waals surface area contributed by atoms with Crippen LogP contribution in [-0.4, -0.2) is 11.3 Å². The second-order valence-electron chi connectivity index (χ2n) is 3.69. The molecule has 1 N–H and O–H groups in total. The van der Waals surface area contributed by atoms with Gasteiger partial charge in [-0.1, -0.05) is 11.6 Å². The van der Waals surface area contributed by atoms with E-state index in [-0.39, 0.29) is 10.2 Å². The van der Waals surface area contributed by atoms with E-state index in [9.17, 15) is 13.2 Å². The summed E-state index contributed by atoms with van der Waals surface area (Å²) >= 11 is 8.76. The zero-order chi connectivity index (χ0) is 14.8. The SMILES string of the molecule is FC(F)(F)Oc1ccc(Nc2ccnc(Cl)c2)cc1Br. The Bertz CT molecular complexity index is 622. The summed E-state index contributed by atoms with van der Waals surface area (Å²) in [5, 5.41) is 3.30. The molecule has 0 aliphatic carbocycles. The summed E-state index contributed by atoms with van der Waals surface area (Å²) in [6.07, 6.45) is -3.21. The molecule has 0 bridgehead atoms. The van der Waals surface area contributed by atoms with E-state index in [2.05, 4.69) is 31.0 Å². The van der Waals surface area contributed by atoms with Gasteiger partial charge in [-0.2, -0.15) is 0 Å². The van der Waals surface area contributed by atoms with Gasteiger partial charge in [0.25, 0.3) is 0 Å². The summed E-state index contributed by atoms with van der Waals surface area (Å²) in [7, 11) is 0. The van der Waals surface area contributed by atoms with E-state index in [0.29, 0.717) is 16.5 Å². The van der Waals surface area contributed by atoms with Crippen molar-refractivity contribution in [3.8, 4) is 5.75 Å². The fraction of sp³-hybridized carbons (Fsp3) is 0.0833. The Labute approximate surface area is 125 Å². The lowest BCUT2D eigenvalue weighted by atomic mass is 10.3. The van der Waals surface area contributed by atoms with Gasteiger partial charge in [-0.3, -0.25) is 0 Å². The molecule has 0 atom stereocenters. The number of benzene rings is 1. The minimum atomic E-state index is -4.73. The first-order valence-corrected chi connectivity index (χ1v) is 6.44. The minimum Gasteiger partial charge on any atom is -0.405 e. The number of ether oxygens (including phenoxy) is 1.